The number of rotatable bonds is 7. The second-order valence-corrected chi connectivity index (χ2v) is 10.5. The number of benzene rings is 1. The monoisotopic (exact) mass is 471 g/mol. The Morgan fingerprint density at radius 1 is 1.21 bits per heavy atom. The van der Waals surface area contributed by atoms with E-state index >= 15 is 0 Å². The van der Waals surface area contributed by atoms with Crippen molar-refractivity contribution in [1.29, 1.82) is 0 Å². The maximum Gasteiger partial charge on any atom is 0.406 e. The minimum Gasteiger partial charge on any atom is -0.453 e. The van der Waals surface area contributed by atoms with Gasteiger partial charge < -0.3 is 19.9 Å². The highest BCUT2D eigenvalue weighted by molar-refractivity contribution is 6.03. The second kappa shape index (κ2) is 10.8. The summed E-state index contributed by atoms with van der Waals surface area (Å²) in [7, 11) is 1.32. The average Bonchev–Trinajstić information content (AvgIpc) is 2.80. The molecule has 7 heteroatoms. The molecule has 34 heavy (non-hydrogen) atoms. The van der Waals surface area contributed by atoms with Crippen LogP contribution >= 0.6 is 0 Å². The maximum absolute atomic E-state index is 14.0. The molecule has 0 aromatic heterocycles. The SMILES string of the molecule is CCc1cc2c(cc1C(=O)N(C(C)C)C1CCCCC1)N(CCNC(=O)OC)C(=O)C(C)(C)C2. The average molecular weight is 472 g/mol. The van der Waals surface area contributed by atoms with E-state index in [-0.39, 0.29) is 30.4 Å². The highest BCUT2D eigenvalue weighted by atomic mass is 16.5. The summed E-state index contributed by atoms with van der Waals surface area (Å²) in [4.78, 5) is 42.7. The molecule has 0 radical (unpaired) electrons. The summed E-state index contributed by atoms with van der Waals surface area (Å²) < 4.78 is 4.66. The summed E-state index contributed by atoms with van der Waals surface area (Å²) in [6, 6.07) is 4.43. The molecular formula is C27H41N3O4. The van der Waals surface area contributed by atoms with E-state index in [2.05, 4.69) is 41.8 Å². The highest BCUT2D eigenvalue weighted by Gasteiger charge is 2.40. The molecule has 1 N–H and O–H groups in total. The van der Waals surface area contributed by atoms with Gasteiger partial charge in [-0.25, -0.2) is 4.79 Å². The Morgan fingerprint density at radius 2 is 1.88 bits per heavy atom. The molecule has 1 aromatic rings. The van der Waals surface area contributed by atoms with Crippen molar-refractivity contribution in [3.8, 4) is 0 Å². The van der Waals surface area contributed by atoms with Crippen LogP contribution in [-0.4, -0.2) is 55.1 Å². The van der Waals surface area contributed by atoms with Crippen LogP contribution in [0.5, 0.6) is 0 Å². The van der Waals surface area contributed by atoms with Gasteiger partial charge in [0.25, 0.3) is 5.91 Å². The van der Waals surface area contributed by atoms with E-state index in [0.29, 0.717) is 18.5 Å². The molecule has 0 spiro atoms. The van der Waals surface area contributed by atoms with Gasteiger partial charge in [0.05, 0.1) is 7.11 Å². The topological polar surface area (TPSA) is 79.0 Å². The van der Waals surface area contributed by atoms with Gasteiger partial charge in [0.15, 0.2) is 0 Å². The number of ether oxygens (including phenoxy) is 1. The lowest BCUT2D eigenvalue weighted by molar-refractivity contribution is -0.127. The van der Waals surface area contributed by atoms with E-state index in [9.17, 15) is 14.4 Å². The van der Waals surface area contributed by atoms with E-state index in [4.69, 9.17) is 0 Å². The second-order valence-electron chi connectivity index (χ2n) is 10.5. The fraction of sp³-hybridized carbons (Fsp3) is 0.667. The third kappa shape index (κ3) is 5.39. The van der Waals surface area contributed by atoms with Crippen LogP contribution in [0.4, 0.5) is 10.5 Å². The summed E-state index contributed by atoms with van der Waals surface area (Å²) in [5, 5.41) is 2.66. The number of aryl methyl sites for hydroxylation is 1. The largest absolute Gasteiger partial charge is 0.453 e. The number of amides is 3. The van der Waals surface area contributed by atoms with Crippen molar-refractivity contribution < 1.29 is 19.1 Å². The van der Waals surface area contributed by atoms with Crippen molar-refractivity contribution in [3.63, 3.8) is 0 Å². The minimum absolute atomic E-state index is 0.00214. The number of carbonyl (C=O) groups is 3. The Kier molecular flexibility index (Phi) is 8.26. The predicted molar refractivity (Wildman–Crippen MR) is 134 cm³/mol. The fourth-order valence-electron chi connectivity index (χ4n) is 5.48. The Bertz CT molecular complexity index is 919. The molecular weight excluding hydrogens is 430 g/mol. The third-order valence-corrected chi connectivity index (χ3v) is 7.21. The smallest absolute Gasteiger partial charge is 0.406 e. The molecule has 3 amide bonds. The maximum atomic E-state index is 14.0. The minimum atomic E-state index is -0.555. The summed E-state index contributed by atoms with van der Waals surface area (Å²) in [5.41, 5.74) is 3.02. The summed E-state index contributed by atoms with van der Waals surface area (Å²) in [5.74, 6) is 0.0637. The molecule has 1 aliphatic heterocycles. The molecule has 0 atom stereocenters. The van der Waals surface area contributed by atoms with Crippen LogP contribution in [0.25, 0.3) is 0 Å². The molecule has 1 aliphatic carbocycles. The first-order chi connectivity index (χ1) is 16.1. The van der Waals surface area contributed by atoms with Gasteiger partial charge in [0.1, 0.15) is 0 Å². The van der Waals surface area contributed by atoms with Crippen molar-refractivity contribution in [2.45, 2.75) is 91.6 Å². The van der Waals surface area contributed by atoms with Crippen molar-refractivity contribution in [2.24, 2.45) is 5.41 Å². The first kappa shape index (κ1) is 26.0. The summed E-state index contributed by atoms with van der Waals surface area (Å²) in [6.07, 6.45) is 6.52. The third-order valence-electron chi connectivity index (χ3n) is 7.21. The molecule has 3 rings (SSSR count). The normalized spacial score (nSPS) is 18.0. The number of hydrogen-bond donors (Lipinski definition) is 1. The number of fused-ring (bicyclic) bond motifs is 1. The lowest BCUT2D eigenvalue weighted by Gasteiger charge is -2.40. The van der Waals surface area contributed by atoms with Gasteiger partial charge in [-0.2, -0.15) is 0 Å². The number of alkyl carbamates (subject to hydrolysis) is 1. The zero-order chi connectivity index (χ0) is 25.0. The van der Waals surface area contributed by atoms with Gasteiger partial charge in [-0.3, -0.25) is 9.59 Å². The van der Waals surface area contributed by atoms with E-state index < -0.39 is 11.5 Å². The van der Waals surface area contributed by atoms with Gasteiger partial charge in [0, 0.05) is 41.8 Å². The fourth-order valence-corrected chi connectivity index (χ4v) is 5.48. The van der Waals surface area contributed by atoms with Gasteiger partial charge in [-0.05, 0) is 56.7 Å². The first-order valence-corrected chi connectivity index (χ1v) is 12.7. The van der Waals surface area contributed by atoms with Gasteiger partial charge >= 0.3 is 6.09 Å². The molecule has 188 valence electrons. The lowest BCUT2D eigenvalue weighted by Crippen LogP contribution is -2.49. The van der Waals surface area contributed by atoms with Crippen LogP contribution < -0.4 is 10.2 Å². The van der Waals surface area contributed by atoms with Crippen LogP contribution in [0, 0.1) is 5.41 Å². The van der Waals surface area contributed by atoms with Crippen LogP contribution in [0.3, 0.4) is 0 Å². The molecule has 0 saturated heterocycles. The molecule has 0 unspecified atom stereocenters. The highest BCUT2D eigenvalue weighted by Crippen LogP contribution is 2.39. The number of hydrogen-bond acceptors (Lipinski definition) is 4. The standard InChI is InChI=1S/C27H41N3O4/c1-7-19-15-20-17-27(4,5)25(32)29(14-13-28-26(33)34-6)23(20)16-22(19)24(31)30(18(2)3)21-11-9-8-10-12-21/h15-16,18,21H,7-14,17H2,1-6H3,(H,28,33). The van der Waals surface area contributed by atoms with E-state index in [1.807, 2.05) is 19.9 Å². The van der Waals surface area contributed by atoms with Gasteiger partial charge in [-0.15, -0.1) is 0 Å². The number of anilines is 1. The molecule has 2 aliphatic rings. The Hall–Kier alpha value is -2.57. The molecule has 1 fully saturated rings. The van der Waals surface area contributed by atoms with Gasteiger partial charge in [0.2, 0.25) is 5.91 Å². The number of nitrogens with zero attached hydrogens (tertiary/aromatic N) is 2. The lowest BCUT2D eigenvalue weighted by atomic mass is 9.79. The Labute approximate surface area is 204 Å². The van der Waals surface area contributed by atoms with E-state index in [1.54, 1.807) is 4.90 Å². The Morgan fingerprint density at radius 3 is 2.47 bits per heavy atom. The molecule has 1 aromatic carbocycles. The molecule has 1 heterocycles. The number of methoxy groups -OCH3 is 1. The van der Waals surface area contributed by atoms with Gasteiger partial charge in [-0.1, -0.05) is 46.1 Å². The molecule has 1 saturated carbocycles. The van der Waals surface area contributed by atoms with Crippen molar-refractivity contribution in [3.05, 3.63) is 28.8 Å². The van der Waals surface area contributed by atoms with Crippen molar-refractivity contribution in [1.82, 2.24) is 10.2 Å². The first-order valence-electron chi connectivity index (χ1n) is 12.7. The van der Waals surface area contributed by atoms with Crippen LogP contribution in [0.15, 0.2) is 12.1 Å². The van der Waals surface area contributed by atoms with Crippen LogP contribution in [-0.2, 0) is 22.4 Å². The predicted octanol–water partition coefficient (Wildman–Crippen LogP) is 4.70. The quantitative estimate of drug-likeness (QED) is 0.625. The molecule has 7 nitrogen and oxygen atoms in total. The van der Waals surface area contributed by atoms with E-state index in [1.165, 1.54) is 13.5 Å². The molecule has 0 bridgehead atoms. The summed E-state index contributed by atoms with van der Waals surface area (Å²) in [6.45, 7) is 10.8. The zero-order valence-corrected chi connectivity index (χ0v) is 21.7. The number of carbonyl (C=O) groups excluding carboxylic acids is 3. The zero-order valence-electron chi connectivity index (χ0n) is 21.7. The number of nitrogens with one attached hydrogen (secondary N) is 1. The summed E-state index contributed by atoms with van der Waals surface area (Å²) >= 11 is 0. The van der Waals surface area contributed by atoms with Crippen molar-refractivity contribution in [2.75, 3.05) is 25.1 Å². The van der Waals surface area contributed by atoms with E-state index in [0.717, 1.165) is 48.9 Å². The Balaban J connectivity index is 2.00. The van der Waals surface area contributed by atoms with Crippen LogP contribution in [0.1, 0.15) is 88.2 Å². The van der Waals surface area contributed by atoms with Crippen molar-refractivity contribution >= 4 is 23.6 Å². The van der Waals surface area contributed by atoms with Crippen LogP contribution in [0.2, 0.25) is 0 Å².